The van der Waals surface area contributed by atoms with Gasteiger partial charge in [0.2, 0.25) is 0 Å². The quantitative estimate of drug-likeness (QED) is 0.743. The van der Waals surface area contributed by atoms with Crippen molar-refractivity contribution in [3.63, 3.8) is 0 Å². The van der Waals surface area contributed by atoms with Gasteiger partial charge in [0, 0.05) is 17.1 Å². The van der Waals surface area contributed by atoms with Gasteiger partial charge in [0.05, 0.1) is 12.6 Å². The van der Waals surface area contributed by atoms with Crippen LogP contribution in [0.1, 0.15) is 25.5 Å². The Labute approximate surface area is 89.9 Å². The molecule has 2 heteroatoms. The third-order valence-electron chi connectivity index (χ3n) is 2.51. The third kappa shape index (κ3) is 1.80. The van der Waals surface area contributed by atoms with Crippen LogP contribution in [0.15, 0.2) is 30.3 Å². The van der Waals surface area contributed by atoms with Crippen LogP contribution < -0.4 is 4.74 Å². The minimum absolute atomic E-state index is 0.420. The van der Waals surface area contributed by atoms with Gasteiger partial charge in [-0.2, -0.15) is 0 Å². The highest BCUT2D eigenvalue weighted by atomic mass is 16.5. The summed E-state index contributed by atoms with van der Waals surface area (Å²) >= 11 is 0. The van der Waals surface area contributed by atoms with E-state index >= 15 is 0 Å². The van der Waals surface area contributed by atoms with Gasteiger partial charge in [0.25, 0.3) is 0 Å². The van der Waals surface area contributed by atoms with E-state index in [2.05, 4.69) is 18.8 Å². The first-order chi connectivity index (χ1) is 7.22. The van der Waals surface area contributed by atoms with Crippen molar-refractivity contribution in [3.05, 3.63) is 36.0 Å². The van der Waals surface area contributed by atoms with Crippen molar-refractivity contribution in [3.8, 4) is 5.75 Å². The van der Waals surface area contributed by atoms with E-state index in [1.54, 1.807) is 7.11 Å². The van der Waals surface area contributed by atoms with Gasteiger partial charge in [0.1, 0.15) is 5.75 Å². The molecular weight excluding hydrogens is 186 g/mol. The monoisotopic (exact) mass is 201 g/mol. The maximum Gasteiger partial charge on any atom is 0.130 e. The molecular formula is C13H15NO. The molecule has 0 aliphatic carbocycles. The summed E-state index contributed by atoms with van der Waals surface area (Å²) in [5.74, 6) is 1.33. The average Bonchev–Trinajstić information content (AvgIpc) is 2.27. The average molecular weight is 201 g/mol. The largest absolute Gasteiger partial charge is 0.496 e. The predicted molar refractivity (Wildman–Crippen MR) is 62.4 cm³/mol. The number of fused-ring (bicyclic) bond motifs is 1. The Kier molecular flexibility index (Phi) is 2.58. The molecule has 0 aliphatic heterocycles. The predicted octanol–water partition coefficient (Wildman–Crippen LogP) is 3.37. The molecule has 0 saturated heterocycles. The van der Waals surface area contributed by atoms with Gasteiger partial charge >= 0.3 is 0 Å². The lowest BCUT2D eigenvalue weighted by molar-refractivity contribution is 0.418. The molecule has 78 valence electrons. The van der Waals surface area contributed by atoms with Crippen LogP contribution in [0, 0.1) is 0 Å². The molecule has 0 aliphatic rings. The van der Waals surface area contributed by atoms with Crippen molar-refractivity contribution < 1.29 is 4.74 Å². The molecule has 1 aromatic carbocycles. The fourth-order valence-corrected chi connectivity index (χ4v) is 1.63. The molecule has 0 bridgehead atoms. The lowest BCUT2D eigenvalue weighted by Crippen LogP contribution is -1.95. The number of aromatic nitrogens is 1. The highest BCUT2D eigenvalue weighted by molar-refractivity contribution is 5.85. The lowest BCUT2D eigenvalue weighted by atomic mass is 10.1. The van der Waals surface area contributed by atoms with Crippen molar-refractivity contribution in [2.24, 2.45) is 0 Å². The van der Waals surface area contributed by atoms with Crippen molar-refractivity contribution in [2.75, 3.05) is 7.11 Å². The number of hydrogen-bond donors (Lipinski definition) is 0. The maximum absolute atomic E-state index is 5.38. The first-order valence-corrected chi connectivity index (χ1v) is 5.16. The van der Waals surface area contributed by atoms with Crippen molar-refractivity contribution in [2.45, 2.75) is 19.8 Å². The molecule has 2 aromatic rings. The molecule has 0 saturated carbocycles. The van der Waals surface area contributed by atoms with Crippen LogP contribution in [-0.4, -0.2) is 12.1 Å². The number of nitrogens with zero attached hydrogens (tertiary/aromatic N) is 1. The van der Waals surface area contributed by atoms with E-state index in [1.165, 1.54) is 0 Å². The Balaban J connectivity index is 2.71. The Morgan fingerprint density at radius 1 is 1.20 bits per heavy atom. The Morgan fingerprint density at radius 2 is 1.93 bits per heavy atom. The van der Waals surface area contributed by atoms with Gasteiger partial charge in [-0.1, -0.05) is 26.0 Å². The second-order valence-corrected chi connectivity index (χ2v) is 3.92. The smallest absolute Gasteiger partial charge is 0.130 e. The van der Waals surface area contributed by atoms with Gasteiger partial charge in [-0.15, -0.1) is 0 Å². The van der Waals surface area contributed by atoms with E-state index in [4.69, 9.17) is 4.74 Å². The van der Waals surface area contributed by atoms with Gasteiger partial charge in [-0.25, -0.2) is 0 Å². The summed E-state index contributed by atoms with van der Waals surface area (Å²) in [6.45, 7) is 4.27. The fraction of sp³-hybridized carbons (Fsp3) is 0.308. The van der Waals surface area contributed by atoms with Crippen LogP contribution >= 0.6 is 0 Å². The second-order valence-electron chi connectivity index (χ2n) is 3.92. The van der Waals surface area contributed by atoms with Crippen molar-refractivity contribution in [1.29, 1.82) is 0 Å². The zero-order valence-electron chi connectivity index (χ0n) is 9.32. The van der Waals surface area contributed by atoms with E-state index in [-0.39, 0.29) is 0 Å². The van der Waals surface area contributed by atoms with E-state index in [0.717, 1.165) is 22.3 Å². The molecule has 0 atom stereocenters. The molecule has 0 unspecified atom stereocenters. The fourth-order valence-electron chi connectivity index (χ4n) is 1.63. The molecule has 0 radical (unpaired) electrons. The third-order valence-corrected chi connectivity index (χ3v) is 2.51. The van der Waals surface area contributed by atoms with Gasteiger partial charge in [0.15, 0.2) is 0 Å². The van der Waals surface area contributed by atoms with Crippen molar-refractivity contribution >= 4 is 10.9 Å². The summed E-state index contributed by atoms with van der Waals surface area (Å²) in [7, 11) is 1.70. The summed E-state index contributed by atoms with van der Waals surface area (Å²) < 4.78 is 5.38. The number of methoxy groups -OCH3 is 1. The second kappa shape index (κ2) is 3.89. The molecule has 0 fully saturated rings. The normalized spacial score (nSPS) is 10.9. The number of para-hydroxylation sites is 1. The number of rotatable bonds is 2. The zero-order valence-corrected chi connectivity index (χ0v) is 9.32. The highest BCUT2D eigenvalue weighted by Gasteiger charge is 2.07. The summed E-state index contributed by atoms with van der Waals surface area (Å²) in [6.07, 6.45) is 0. The topological polar surface area (TPSA) is 22.1 Å². The summed E-state index contributed by atoms with van der Waals surface area (Å²) in [4.78, 5) is 4.60. The Bertz CT molecular complexity index is 477. The van der Waals surface area contributed by atoms with Crippen LogP contribution in [0.25, 0.3) is 10.9 Å². The van der Waals surface area contributed by atoms with E-state index < -0.39 is 0 Å². The Morgan fingerprint density at radius 3 is 2.60 bits per heavy atom. The number of ether oxygens (including phenoxy) is 1. The molecule has 1 heterocycles. The number of benzene rings is 1. The minimum Gasteiger partial charge on any atom is -0.496 e. The molecule has 15 heavy (non-hydrogen) atoms. The number of hydrogen-bond acceptors (Lipinski definition) is 2. The zero-order chi connectivity index (χ0) is 10.8. The first-order valence-electron chi connectivity index (χ1n) is 5.16. The lowest BCUT2D eigenvalue weighted by Gasteiger charge is -2.10. The van der Waals surface area contributed by atoms with Crippen LogP contribution in [0.5, 0.6) is 5.75 Å². The standard InChI is InChI=1S/C13H15NO/c1-9(2)12-8-13(15-3)10-6-4-5-7-11(10)14-12/h4-9H,1-3H3. The van der Waals surface area contributed by atoms with E-state index in [0.29, 0.717) is 5.92 Å². The molecule has 0 spiro atoms. The highest BCUT2D eigenvalue weighted by Crippen LogP contribution is 2.27. The van der Waals surface area contributed by atoms with E-state index in [9.17, 15) is 0 Å². The first kappa shape index (κ1) is 9.97. The van der Waals surface area contributed by atoms with Crippen LogP contribution in [0.4, 0.5) is 0 Å². The molecule has 0 amide bonds. The van der Waals surface area contributed by atoms with Crippen molar-refractivity contribution in [1.82, 2.24) is 4.98 Å². The number of pyridine rings is 1. The van der Waals surface area contributed by atoms with E-state index in [1.807, 2.05) is 30.3 Å². The van der Waals surface area contributed by atoms with Crippen LogP contribution in [-0.2, 0) is 0 Å². The Hall–Kier alpha value is -1.57. The SMILES string of the molecule is COc1cc(C(C)C)nc2ccccc12. The van der Waals surface area contributed by atoms with Crippen LogP contribution in [0.3, 0.4) is 0 Å². The molecule has 2 rings (SSSR count). The summed E-state index contributed by atoms with van der Waals surface area (Å²) in [5.41, 5.74) is 2.08. The van der Waals surface area contributed by atoms with Crippen LogP contribution in [0.2, 0.25) is 0 Å². The summed E-state index contributed by atoms with van der Waals surface area (Å²) in [5, 5.41) is 1.07. The minimum atomic E-state index is 0.420. The summed E-state index contributed by atoms with van der Waals surface area (Å²) in [6, 6.07) is 10.1. The molecule has 2 nitrogen and oxygen atoms in total. The molecule has 1 aromatic heterocycles. The van der Waals surface area contributed by atoms with Gasteiger partial charge < -0.3 is 4.74 Å². The maximum atomic E-state index is 5.38. The van der Waals surface area contributed by atoms with Gasteiger partial charge in [-0.05, 0) is 18.1 Å². The molecule has 0 N–H and O–H groups in total. The van der Waals surface area contributed by atoms with Gasteiger partial charge in [-0.3, -0.25) is 4.98 Å².